The van der Waals surface area contributed by atoms with Gasteiger partial charge in [0.15, 0.2) is 0 Å². The second-order valence-corrected chi connectivity index (χ2v) is 1.88. The Balaban J connectivity index is 0.000000360. The summed E-state index contributed by atoms with van der Waals surface area (Å²) in [5, 5.41) is 3.23. The van der Waals surface area contributed by atoms with E-state index in [2.05, 4.69) is 12.2 Å². The normalized spacial score (nSPS) is 21.9. The van der Waals surface area contributed by atoms with E-state index in [1.165, 1.54) is 13.0 Å². The Hall–Kier alpha value is 0.622. The largest absolute Gasteiger partial charge is 0.348 e. The second kappa shape index (κ2) is 3.60. The SMILES string of the molecule is C[C-]1CCNC1.[Re]. The zero-order chi connectivity index (χ0) is 4.41. The maximum atomic E-state index is 3.23. The number of rotatable bonds is 0. The zero-order valence-electron chi connectivity index (χ0n) is 4.50. The van der Waals surface area contributed by atoms with Crippen molar-refractivity contribution >= 4 is 0 Å². The van der Waals surface area contributed by atoms with Gasteiger partial charge in [0, 0.05) is 20.4 Å². The predicted molar refractivity (Wildman–Crippen MR) is 26.4 cm³/mol. The smallest absolute Gasteiger partial charge is 0 e. The first-order valence-corrected chi connectivity index (χ1v) is 2.41. The van der Waals surface area contributed by atoms with Crippen LogP contribution in [0.25, 0.3) is 0 Å². The van der Waals surface area contributed by atoms with Gasteiger partial charge in [-0.3, -0.25) is 0 Å². The van der Waals surface area contributed by atoms with Crippen LogP contribution in [0, 0.1) is 5.92 Å². The Morgan fingerprint density at radius 3 is 2.43 bits per heavy atom. The molecule has 0 atom stereocenters. The molecule has 0 aromatic rings. The van der Waals surface area contributed by atoms with Gasteiger partial charge in [-0.25, -0.2) is 0 Å². The van der Waals surface area contributed by atoms with Gasteiger partial charge in [-0.15, -0.1) is 6.54 Å². The molecule has 1 saturated heterocycles. The van der Waals surface area contributed by atoms with E-state index in [1.54, 1.807) is 5.92 Å². The van der Waals surface area contributed by atoms with E-state index in [1.807, 2.05) is 0 Å². The average molecular weight is 270 g/mol. The summed E-state index contributed by atoms with van der Waals surface area (Å²) in [5.74, 6) is 1.59. The molecule has 2 heteroatoms. The molecule has 1 N–H and O–H groups in total. The van der Waals surface area contributed by atoms with Crippen molar-refractivity contribution in [3.63, 3.8) is 0 Å². The Kier molecular flexibility index (Phi) is 3.92. The van der Waals surface area contributed by atoms with Crippen molar-refractivity contribution in [3.05, 3.63) is 5.92 Å². The molecule has 1 heterocycles. The molecule has 0 spiro atoms. The summed E-state index contributed by atoms with van der Waals surface area (Å²) in [7, 11) is 0. The van der Waals surface area contributed by atoms with Crippen molar-refractivity contribution in [1.29, 1.82) is 0 Å². The van der Waals surface area contributed by atoms with E-state index in [0.29, 0.717) is 0 Å². The minimum absolute atomic E-state index is 0. The summed E-state index contributed by atoms with van der Waals surface area (Å²) in [4.78, 5) is 0. The van der Waals surface area contributed by atoms with Crippen LogP contribution in [0.15, 0.2) is 0 Å². The van der Waals surface area contributed by atoms with Crippen LogP contribution >= 0.6 is 0 Å². The van der Waals surface area contributed by atoms with Gasteiger partial charge in [0.1, 0.15) is 0 Å². The van der Waals surface area contributed by atoms with Gasteiger partial charge < -0.3 is 11.2 Å². The number of hydrogen-bond acceptors (Lipinski definition) is 1. The fourth-order valence-electron chi connectivity index (χ4n) is 0.692. The van der Waals surface area contributed by atoms with Gasteiger partial charge in [0.05, 0.1) is 0 Å². The van der Waals surface area contributed by atoms with E-state index in [0.717, 1.165) is 6.54 Å². The molecule has 0 unspecified atom stereocenters. The number of hydrogen-bond donors (Lipinski definition) is 1. The van der Waals surface area contributed by atoms with Crippen molar-refractivity contribution in [1.82, 2.24) is 5.32 Å². The zero-order valence-corrected chi connectivity index (χ0v) is 7.22. The summed E-state index contributed by atoms with van der Waals surface area (Å²) in [6.45, 7) is 4.55. The molecular weight excluding hydrogens is 260 g/mol. The quantitative estimate of drug-likeness (QED) is 0.635. The Bertz CT molecular complexity index is 41.3. The van der Waals surface area contributed by atoms with Crippen LogP contribution in [-0.2, 0) is 20.4 Å². The molecule has 1 aliphatic heterocycles. The average Bonchev–Trinajstić information content (AvgIpc) is 1.86. The van der Waals surface area contributed by atoms with Crippen molar-refractivity contribution in [2.24, 2.45) is 0 Å². The van der Waals surface area contributed by atoms with Crippen LogP contribution in [-0.4, -0.2) is 13.1 Å². The molecular formula is C5H10NRe-. The molecule has 1 radical (unpaired) electrons. The fraction of sp³-hybridized carbons (Fsp3) is 0.800. The summed E-state index contributed by atoms with van der Waals surface area (Å²) in [6.07, 6.45) is 1.29. The summed E-state index contributed by atoms with van der Waals surface area (Å²) >= 11 is 0. The molecule has 0 saturated carbocycles. The van der Waals surface area contributed by atoms with Gasteiger partial charge in [0.2, 0.25) is 0 Å². The fourth-order valence-corrected chi connectivity index (χ4v) is 0.692. The molecule has 1 fully saturated rings. The van der Waals surface area contributed by atoms with Crippen LogP contribution in [0.5, 0.6) is 0 Å². The molecule has 0 aromatic carbocycles. The van der Waals surface area contributed by atoms with Gasteiger partial charge >= 0.3 is 0 Å². The van der Waals surface area contributed by atoms with E-state index in [9.17, 15) is 0 Å². The van der Waals surface area contributed by atoms with Gasteiger partial charge in [0.25, 0.3) is 0 Å². The van der Waals surface area contributed by atoms with Crippen molar-refractivity contribution in [2.45, 2.75) is 13.3 Å². The Labute approximate surface area is 58.5 Å². The molecule has 1 rings (SSSR count). The third-order valence-electron chi connectivity index (χ3n) is 1.16. The van der Waals surface area contributed by atoms with Gasteiger partial charge in [-0.1, -0.05) is 0 Å². The Morgan fingerprint density at radius 1 is 1.57 bits per heavy atom. The molecule has 0 aromatic heterocycles. The topological polar surface area (TPSA) is 12.0 Å². The van der Waals surface area contributed by atoms with E-state index in [4.69, 9.17) is 0 Å². The summed E-state index contributed by atoms with van der Waals surface area (Å²) < 4.78 is 0. The Morgan fingerprint density at radius 2 is 2.29 bits per heavy atom. The summed E-state index contributed by atoms with van der Waals surface area (Å²) in [6, 6.07) is 0. The second-order valence-electron chi connectivity index (χ2n) is 1.88. The molecule has 43 valence electrons. The minimum Gasteiger partial charge on any atom is -0.348 e. The first-order chi connectivity index (χ1) is 2.89. The van der Waals surface area contributed by atoms with E-state index >= 15 is 0 Å². The molecule has 7 heavy (non-hydrogen) atoms. The third-order valence-corrected chi connectivity index (χ3v) is 1.16. The van der Waals surface area contributed by atoms with E-state index < -0.39 is 0 Å². The third kappa shape index (κ3) is 2.44. The van der Waals surface area contributed by atoms with Crippen LogP contribution in [0.2, 0.25) is 0 Å². The summed E-state index contributed by atoms with van der Waals surface area (Å²) in [5.41, 5.74) is 0. The molecule has 1 nitrogen and oxygen atoms in total. The van der Waals surface area contributed by atoms with Crippen LogP contribution in [0.1, 0.15) is 13.3 Å². The maximum absolute atomic E-state index is 3.23. The molecule has 0 bridgehead atoms. The van der Waals surface area contributed by atoms with E-state index in [-0.39, 0.29) is 20.4 Å². The predicted octanol–water partition coefficient (Wildman–Crippen LogP) is 0.572. The molecule has 1 aliphatic rings. The van der Waals surface area contributed by atoms with Crippen molar-refractivity contribution in [3.8, 4) is 0 Å². The monoisotopic (exact) mass is 271 g/mol. The van der Waals surface area contributed by atoms with Crippen LogP contribution < -0.4 is 5.32 Å². The van der Waals surface area contributed by atoms with Crippen molar-refractivity contribution in [2.75, 3.05) is 13.1 Å². The maximum Gasteiger partial charge on any atom is 0 e. The minimum atomic E-state index is 0. The van der Waals surface area contributed by atoms with Crippen LogP contribution in [0.3, 0.4) is 0 Å². The first-order valence-electron chi connectivity index (χ1n) is 2.41. The first kappa shape index (κ1) is 7.62. The standard InChI is InChI=1S/C5H10N.Re/c1-5-2-3-6-4-5;/h6H,2-4H2,1H3;/q-1;. The molecule has 0 aliphatic carbocycles. The van der Waals surface area contributed by atoms with Crippen LogP contribution in [0.4, 0.5) is 0 Å². The molecule has 0 amide bonds. The van der Waals surface area contributed by atoms with Gasteiger partial charge in [-0.2, -0.15) is 13.3 Å². The van der Waals surface area contributed by atoms with Gasteiger partial charge in [-0.05, 0) is 6.54 Å². The van der Waals surface area contributed by atoms with Crippen molar-refractivity contribution < 1.29 is 20.4 Å². The number of nitrogens with one attached hydrogen (secondary N) is 1.